The summed E-state index contributed by atoms with van der Waals surface area (Å²) >= 11 is 0. The third-order valence-electron chi connectivity index (χ3n) is 3.66. The second kappa shape index (κ2) is 6.48. The SMILES string of the molecule is COc1cccc2c(N=S(C)(=O)c3ccc(C(N)=O)cc3)ncnc12. The number of carbonyl (C=O) groups is 1. The molecular weight excluding hydrogens is 340 g/mol. The summed E-state index contributed by atoms with van der Waals surface area (Å²) < 4.78 is 22.7. The molecule has 1 heterocycles. The number of fused-ring (bicyclic) bond motifs is 1. The third-order valence-corrected chi connectivity index (χ3v) is 5.33. The highest BCUT2D eigenvalue weighted by atomic mass is 32.2. The molecular formula is C17H16N4O3S. The van der Waals surface area contributed by atoms with Crippen molar-refractivity contribution >= 4 is 32.4 Å². The van der Waals surface area contributed by atoms with Gasteiger partial charge in [-0.05, 0) is 36.4 Å². The first-order valence-electron chi connectivity index (χ1n) is 7.32. The van der Waals surface area contributed by atoms with Gasteiger partial charge in [0.25, 0.3) is 0 Å². The fraction of sp³-hybridized carbons (Fsp3) is 0.118. The molecule has 128 valence electrons. The molecule has 2 N–H and O–H groups in total. The van der Waals surface area contributed by atoms with E-state index in [1.54, 1.807) is 37.4 Å². The van der Waals surface area contributed by atoms with Gasteiger partial charge >= 0.3 is 0 Å². The van der Waals surface area contributed by atoms with Crippen LogP contribution in [0.3, 0.4) is 0 Å². The van der Waals surface area contributed by atoms with E-state index in [1.165, 1.54) is 24.7 Å². The molecule has 0 saturated carbocycles. The molecule has 0 aliphatic carbocycles. The standard InChI is InChI=1S/C17H16N4O3S/c1-24-14-5-3-4-13-15(14)19-10-20-17(13)21-25(2,23)12-8-6-11(7-9-12)16(18)22/h3-10H,1-2H3,(H2,18,22). The highest BCUT2D eigenvalue weighted by Gasteiger charge is 2.12. The Balaban J connectivity index is 2.14. The molecule has 25 heavy (non-hydrogen) atoms. The Hall–Kier alpha value is -3.00. The van der Waals surface area contributed by atoms with Crippen LogP contribution in [0, 0.1) is 0 Å². The fourth-order valence-electron chi connectivity index (χ4n) is 2.37. The summed E-state index contributed by atoms with van der Waals surface area (Å²) in [6.07, 6.45) is 2.87. The average Bonchev–Trinajstić information content (AvgIpc) is 2.61. The Labute approximate surface area is 145 Å². The molecule has 1 unspecified atom stereocenters. The molecule has 1 aromatic heterocycles. The van der Waals surface area contributed by atoms with Crippen molar-refractivity contribution in [1.82, 2.24) is 9.97 Å². The topological polar surface area (TPSA) is 108 Å². The van der Waals surface area contributed by atoms with E-state index in [0.717, 1.165) is 0 Å². The zero-order valence-electron chi connectivity index (χ0n) is 13.7. The predicted octanol–water partition coefficient (Wildman–Crippen LogP) is 2.53. The zero-order valence-corrected chi connectivity index (χ0v) is 14.5. The largest absolute Gasteiger partial charge is 0.494 e. The lowest BCUT2D eigenvalue weighted by molar-refractivity contribution is 0.1000. The molecule has 7 nitrogen and oxygen atoms in total. The summed E-state index contributed by atoms with van der Waals surface area (Å²) in [6, 6.07) is 11.6. The molecule has 0 aliphatic rings. The first-order chi connectivity index (χ1) is 11.9. The van der Waals surface area contributed by atoms with E-state index in [-0.39, 0.29) is 0 Å². The van der Waals surface area contributed by atoms with Crippen LogP contribution in [0.2, 0.25) is 0 Å². The van der Waals surface area contributed by atoms with Crippen molar-refractivity contribution in [3.63, 3.8) is 0 Å². The van der Waals surface area contributed by atoms with Crippen molar-refractivity contribution in [3.05, 3.63) is 54.4 Å². The molecule has 0 aliphatic heterocycles. The van der Waals surface area contributed by atoms with Crippen LogP contribution >= 0.6 is 0 Å². The number of aromatic nitrogens is 2. The maximum Gasteiger partial charge on any atom is 0.248 e. The van der Waals surface area contributed by atoms with Crippen LogP contribution < -0.4 is 10.5 Å². The second-order valence-electron chi connectivity index (χ2n) is 5.34. The lowest BCUT2D eigenvalue weighted by atomic mass is 10.2. The second-order valence-corrected chi connectivity index (χ2v) is 7.60. The van der Waals surface area contributed by atoms with Crippen LogP contribution in [-0.4, -0.2) is 33.4 Å². The van der Waals surface area contributed by atoms with E-state index in [0.29, 0.717) is 32.9 Å². The minimum Gasteiger partial charge on any atom is -0.494 e. The molecule has 0 bridgehead atoms. The van der Waals surface area contributed by atoms with Gasteiger partial charge in [0, 0.05) is 22.1 Å². The zero-order chi connectivity index (χ0) is 18.0. The Bertz CT molecular complexity index is 1070. The number of primary amides is 1. The van der Waals surface area contributed by atoms with E-state index in [2.05, 4.69) is 14.3 Å². The molecule has 1 atom stereocenters. The van der Waals surface area contributed by atoms with Gasteiger partial charge in [-0.25, -0.2) is 14.2 Å². The van der Waals surface area contributed by atoms with Gasteiger partial charge in [0.2, 0.25) is 5.91 Å². The van der Waals surface area contributed by atoms with Gasteiger partial charge in [-0.3, -0.25) is 4.79 Å². The van der Waals surface area contributed by atoms with E-state index in [9.17, 15) is 9.00 Å². The average molecular weight is 356 g/mol. The van der Waals surface area contributed by atoms with Gasteiger partial charge in [0.15, 0.2) is 5.82 Å². The van der Waals surface area contributed by atoms with Gasteiger partial charge < -0.3 is 10.5 Å². The van der Waals surface area contributed by atoms with Crippen molar-refractivity contribution in [1.29, 1.82) is 0 Å². The molecule has 3 rings (SSSR count). The summed E-state index contributed by atoms with van der Waals surface area (Å²) in [4.78, 5) is 20.0. The van der Waals surface area contributed by atoms with Crippen LogP contribution in [0.5, 0.6) is 5.75 Å². The van der Waals surface area contributed by atoms with Crippen LogP contribution in [-0.2, 0) is 9.73 Å². The molecule has 2 aromatic carbocycles. The number of benzene rings is 2. The number of nitrogens with two attached hydrogens (primary N) is 1. The van der Waals surface area contributed by atoms with E-state index in [1.807, 2.05) is 0 Å². The summed E-state index contributed by atoms with van der Waals surface area (Å²) in [6.45, 7) is 0. The number of para-hydroxylation sites is 1. The molecule has 0 radical (unpaired) electrons. The van der Waals surface area contributed by atoms with Crippen molar-refractivity contribution in [2.45, 2.75) is 4.90 Å². The maximum atomic E-state index is 13.1. The molecule has 0 saturated heterocycles. The normalized spacial score (nSPS) is 13.2. The van der Waals surface area contributed by atoms with Crippen molar-refractivity contribution in [3.8, 4) is 5.75 Å². The number of rotatable bonds is 4. The number of amides is 1. The fourth-order valence-corrected chi connectivity index (χ4v) is 3.60. The quantitative estimate of drug-likeness (QED) is 0.773. The molecule has 8 heteroatoms. The third kappa shape index (κ3) is 3.29. The highest BCUT2D eigenvalue weighted by Crippen LogP contribution is 2.30. The highest BCUT2D eigenvalue weighted by molar-refractivity contribution is 7.93. The monoisotopic (exact) mass is 356 g/mol. The van der Waals surface area contributed by atoms with E-state index in [4.69, 9.17) is 10.5 Å². The van der Waals surface area contributed by atoms with Crippen LogP contribution in [0.15, 0.2) is 58.1 Å². The minimum absolute atomic E-state index is 0.315. The summed E-state index contributed by atoms with van der Waals surface area (Å²) in [7, 11) is -1.22. The van der Waals surface area contributed by atoms with Crippen molar-refractivity contribution in [2.75, 3.05) is 13.4 Å². The predicted molar refractivity (Wildman–Crippen MR) is 95.5 cm³/mol. The number of hydrogen-bond acceptors (Lipinski definition) is 6. The molecule has 3 aromatic rings. The van der Waals surface area contributed by atoms with Crippen LogP contribution in [0.25, 0.3) is 10.9 Å². The molecule has 0 fully saturated rings. The summed E-state index contributed by atoms with van der Waals surface area (Å²) in [5.41, 5.74) is 6.16. The Morgan fingerprint density at radius 3 is 2.52 bits per heavy atom. The minimum atomic E-state index is -2.78. The molecule has 0 spiro atoms. The Kier molecular flexibility index (Phi) is 4.37. The number of ether oxygens (including phenoxy) is 1. The summed E-state index contributed by atoms with van der Waals surface area (Å²) in [5, 5.41) is 0.644. The van der Waals surface area contributed by atoms with Gasteiger partial charge in [0.05, 0.1) is 16.8 Å². The summed E-state index contributed by atoms with van der Waals surface area (Å²) in [5.74, 6) is 0.361. The van der Waals surface area contributed by atoms with Gasteiger partial charge in [0.1, 0.15) is 17.6 Å². The first kappa shape index (κ1) is 16.8. The van der Waals surface area contributed by atoms with Crippen molar-refractivity contribution in [2.24, 2.45) is 10.1 Å². The van der Waals surface area contributed by atoms with E-state index < -0.39 is 15.6 Å². The Morgan fingerprint density at radius 1 is 1.16 bits per heavy atom. The molecule has 1 amide bonds. The van der Waals surface area contributed by atoms with Gasteiger partial charge in [-0.2, -0.15) is 4.36 Å². The number of methoxy groups -OCH3 is 1. The van der Waals surface area contributed by atoms with Gasteiger partial charge in [-0.15, -0.1) is 0 Å². The smallest absolute Gasteiger partial charge is 0.248 e. The number of nitrogens with zero attached hydrogens (tertiary/aromatic N) is 3. The van der Waals surface area contributed by atoms with Crippen LogP contribution in [0.1, 0.15) is 10.4 Å². The van der Waals surface area contributed by atoms with Crippen LogP contribution in [0.4, 0.5) is 5.82 Å². The number of carbonyl (C=O) groups excluding carboxylic acids is 1. The number of hydrogen-bond donors (Lipinski definition) is 1. The Morgan fingerprint density at radius 2 is 1.88 bits per heavy atom. The lowest BCUT2D eigenvalue weighted by Crippen LogP contribution is -2.10. The lowest BCUT2D eigenvalue weighted by Gasteiger charge is -2.08. The first-order valence-corrected chi connectivity index (χ1v) is 9.24. The maximum absolute atomic E-state index is 13.1. The van der Waals surface area contributed by atoms with Gasteiger partial charge in [-0.1, -0.05) is 6.07 Å². The van der Waals surface area contributed by atoms with Crippen molar-refractivity contribution < 1.29 is 13.7 Å². The van der Waals surface area contributed by atoms with E-state index >= 15 is 0 Å².